The Kier molecular flexibility index (Phi) is 4.50. The number of likely N-dealkylation sites (N-methyl/N-ethyl adjacent to an activating group) is 1. The van der Waals surface area contributed by atoms with Gasteiger partial charge in [-0.25, -0.2) is 0 Å². The molecule has 6 heteroatoms. The average Bonchev–Trinajstić information content (AvgIpc) is 2.69. The first-order valence-electron chi connectivity index (χ1n) is 8.74. The second-order valence-corrected chi connectivity index (χ2v) is 6.56. The van der Waals surface area contributed by atoms with Crippen LogP contribution in [0.25, 0.3) is 10.9 Å². The number of fused-ring (bicyclic) bond motifs is 1. The van der Waals surface area contributed by atoms with Gasteiger partial charge in [-0.05, 0) is 25.2 Å². The molecule has 0 spiro atoms. The lowest BCUT2D eigenvalue weighted by molar-refractivity contribution is 0.102. The van der Waals surface area contributed by atoms with Crippen molar-refractivity contribution in [3.63, 3.8) is 0 Å². The first kappa shape index (κ1) is 16.5. The number of benzene rings is 1. The molecule has 3 aromatic rings. The van der Waals surface area contributed by atoms with Gasteiger partial charge in [-0.3, -0.25) is 14.8 Å². The molecule has 0 unspecified atom stereocenters. The largest absolute Gasteiger partial charge is 0.368 e. The van der Waals surface area contributed by atoms with Gasteiger partial charge in [-0.15, -0.1) is 0 Å². The second kappa shape index (κ2) is 7.09. The first-order valence-corrected chi connectivity index (χ1v) is 8.74. The van der Waals surface area contributed by atoms with Crippen LogP contribution in [0.2, 0.25) is 0 Å². The zero-order chi connectivity index (χ0) is 17.9. The predicted molar refractivity (Wildman–Crippen MR) is 104 cm³/mol. The number of carbonyl (C=O) groups is 1. The van der Waals surface area contributed by atoms with Crippen molar-refractivity contribution in [3.8, 4) is 0 Å². The van der Waals surface area contributed by atoms with Crippen molar-refractivity contribution in [1.29, 1.82) is 0 Å². The molecule has 0 atom stereocenters. The average molecular weight is 347 g/mol. The Bertz CT molecular complexity index is 929. The van der Waals surface area contributed by atoms with E-state index in [1.165, 1.54) is 0 Å². The highest BCUT2D eigenvalue weighted by molar-refractivity contribution is 6.08. The van der Waals surface area contributed by atoms with Crippen LogP contribution in [0.5, 0.6) is 0 Å². The highest BCUT2D eigenvalue weighted by Crippen LogP contribution is 2.22. The van der Waals surface area contributed by atoms with Crippen LogP contribution in [0.4, 0.5) is 11.4 Å². The van der Waals surface area contributed by atoms with Crippen LogP contribution in [0.3, 0.4) is 0 Å². The summed E-state index contributed by atoms with van der Waals surface area (Å²) in [5.41, 5.74) is 3.03. The third-order valence-corrected chi connectivity index (χ3v) is 4.74. The molecule has 0 aliphatic carbocycles. The quantitative estimate of drug-likeness (QED) is 0.789. The van der Waals surface area contributed by atoms with Crippen LogP contribution in [0.15, 0.2) is 55.0 Å². The number of aromatic nitrogens is 2. The molecule has 1 N–H and O–H groups in total. The van der Waals surface area contributed by atoms with Gasteiger partial charge >= 0.3 is 0 Å². The minimum Gasteiger partial charge on any atom is -0.368 e. The van der Waals surface area contributed by atoms with Crippen molar-refractivity contribution in [3.05, 3.63) is 60.6 Å². The molecular weight excluding hydrogens is 326 g/mol. The monoisotopic (exact) mass is 347 g/mol. The zero-order valence-corrected chi connectivity index (χ0v) is 14.7. The molecule has 6 nitrogen and oxygen atoms in total. The lowest BCUT2D eigenvalue weighted by atomic mass is 10.1. The number of nitrogens with zero attached hydrogens (tertiary/aromatic N) is 4. The Morgan fingerprint density at radius 1 is 1.08 bits per heavy atom. The summed E-state index contributed by atoms with van der Waals surface area (Å²) in [5.74, 6) is -0.174. The van der Waals surface area contributed by atoms with E-state index in [0.717, 1.165) is 42.8 Å². The molecular formula is C20H21N5O. The van der Waals surface area contributed by atoms with Crippen LogP contribution in [-0.2, 0) is 0 Å². The fraction of sp³-hybridized carbons (Fsp3) is 0.250. The summed E-state index contributed by atoms with van der Waals surface area (Å²) in [4.78, 5) is 26.0. The van der Waals surface area contributed by atoms with Crippen LogP contribution >= 0.6 is 0 Å². The van der Waals surface area contributed by atoms with Gasteiger partial charge in [0.1, 0.15) is 0 Å². The van der Waals surface area contributed by atoms with E-state index in [9.17, 15) is 4.79 Å². The minimum absolute atomic E-state index is 0.174. The van der Waals surface area contributed by atoms with Gasteiger partial charge in [-0.2, -0.15) is 0 Å². The summed E-state index contributed by atoms with van der Waals surface area (Å²) in [6.07, 6.45) is 5.16. The molecule has 1 amide bonds. The number of rotatable bonds is 3. The molecule has 1 fully saturated rings. The number of pyridine rings is 2. The molecule has 1 aromatic carbocycles. The molecule has 1 aliphatic rings. The molecule has 26 heavy (non-hydrogen) atoms. The van der Waals surface area contributed by atoms with Crippen molar-refractivity contribution in [2.24, 2.45) is 0 Å². The van der Waals surface area contributed by atoms with Gasteiger partial charge in [0.2, 0.25) is 0 Å². The molecule has 132 valence electrons. The number of anilines is 2. The Hall–Kier alpha value is -2.99. The summed E-state index contributed by atoms with van der Waals surface area (Å²) >= 11 is 0. The maximum atomic E-state index is 12.7. The zero-order valence-electron chi connectivity index (χ0n) is 14.7. The summed E-state index contributed by atoms with van der Waals surface area (Å²) in [6.45, 7) is 3.91. The van der Waals surface area contributed by atoms with E-state index in [4.69, 9.17) is 0 Å². The second-order valence-electron chi connectivity index (χ2n) is 6.56. The first-order chi connectivity index (χ1) is 12.7. The van der Waals surface area contributed by atoms with Crippen molar-refractivity contribution in [1.82, 2.24) is 14.9 Å². The maximum Gasteiger partial charge on any atom is 0.257 e. The van der Waals surface area contributed by atoms with Gasteiger partial charge in [0, 0.05) is 44.0 Å². The Morgan fingerprint density at radius 2 is 1.88 bits per heavy atom. The van der Waals surface area contributed by atoms with Gasteiger partial charge in [0.25, 0.3) is 5.91 Å². The third kappa shape index (κ3) is 3.36. The van der Waals surface area contributed by atoms with Gasteiger partial charge in [0.05, 0.1) is 28.7 Å². The van der Waals surface area contributed by atoms with Crippen LogP contribution < -0.4 is 10.2 Å². The summed E-state index contributed by atoms with van der Waals surface area (Å²) < 4.78 is 0. The number of hydrogen-bond acceptors (Lipinski definition) is 5. The van der Waals surface area contributed by atoms with E-state index in [2.05, 4.69) is 32.1 Å². The van der Waals surface area contributed by atoms with E-state index < -0.39 is 0 Å². The minimum atomic E-state index is -0.174. The Morgan fingerprint density at radius 3 is 2.73 bits per heavy atom. The smallest absolute Gasteiger partial charge is 0.257 e. The lowest BCUT2D eigenvalue weighted by Gasteiger charge is -2.33. The summed E-state index contributed by atoms with van der Waals surface area (Å²) in [7, 11) is 2.12. The van der Waals surface area contributed by atoms with E-state index in [1.807, 2.05) is 42.6 Å². The van der Waals surface area contributed by atoms with Crippen LogP contribution in [-0.4, -0.2) is 54.0 Å². The number of carbonyl (C=O) groups excluding carboxylic acids is 1. The van der Waals surface area contributed by atoms with Crippen molar-refractivity contribution < 1.29 is 4.79 Å². The number of para-hydroxylation sites is 1. The fourth-order valence-electron chi connectivity index (χ4n) is 3.19. The Labute approximate surface area is 152 Å². The normalized spacial score (nSPS) is 15.2. The van der Waals surface area contributed by atoms with E-state index in [-0.39, 0.29) is 5.91 Å². The third-order valence-electron chi connectivity index (χ3n) is 4.74. The van der Waals surface area contributed by atoms with E-state index >= 15 is 0 Å². The molecule has 0 saturated carbocycles. The van der Waals surface area contributed by atoms with E-state index in [1.54, 1.807) is 12.4 Å². The van der Waals surface area contributed by atoms with Crippen LogP contribution in [0.1, 0.15) is 10.4 Å². The molecule has 1 aliphatic heterocycles. The number of amides is 1. The molecule has 3 heterocycles. The predicted octanol–water partition coefficient (Wildman–Crippen LogP) is 2.63. The topological polar surface area (TPSA) is 61.4 Å². The number of hydrogen-bond donors (Lipinski definition) is 1. The molecule has 0 radical (unpaired) electrons. The molecule has 0 bridgehead atoms. The summed E-state index contributed by atoms with van der Waals surface area (Å²) in [5, 5.41) is 3.97. The molecule has 2 aromatic heterocycles. The van der Waals surface area contributed by atoms with Crippen molar-refractivity contribution in [2.45, 2.75) is 0 Å². The van der Waals surface area contributed by atoms with Gasteiger partial charge in [0.15, 0.2) is 0 Å². The molecule has 4 rings (SSSR count). The molecule has 1 saturated heterocycles. The van der Waals surface area contributed by atoms with Crippen molar-refractivity contribution in [2.75, 3.05) is 43.4 Å². The number of piperazine rings is 1. The summed E-state index contributed by atoms with van der Waals surface area (Å²) in [6, 6.07) is 11.5. The highest BCUT2D eigenvalue weighted by Gasteiger charge is 2.16. The maximum absolute atomic E-state index is 12.7. The van der Waals surface area contributed by atoms with E-state index in [0.29, 0.717) is 11.3 Å². The SMILES string of the molecule is CN1CCN(c2cncc(C(=O)Nc3cccc4cccnc34)c2)CC1. The van der Waals surface area contributed by atoms with Crippen molar-refractivity contribution >= 4 is 28.2 Å². The van der Waals surface area contributed by atoms with Gasteiger partial charge < -0.3 is 15.1 Å². The lowest BCUT2D eigenvalue weighted by Crippen LogP contribution is -2.44. The Balaban J connectivity index is 1.56. The number of nitrogens with one attached hydrogen (secondary N) is 1. The standard InChI is InChI=1S/C20H21N5O/c1-24-8-10-25(11-9-24)17-12-16(13-21-14-17)20(26)23-18-6-2-4-15-5-3-7-22-19(15)18/h2-7,12-14H,8-11H2,1H3,(H,23,26). The highest BCUT2D eigenvalue weighted by atomic mass is 16.1. The van der Waals surface area contributed by atoms with Crippen LogP contribution in [0, 0.1) is 0 Å². The van der Waals surface area contributed by atoms with Gasteiger partial charge in [-0.1, -0.05) is 18.2 Å². The fourth-order valence-corrected chi connectivity index (χ4v) is 3.19.